The monoisotopic (exact) mass is 361 g/mol. The molecule has 0 N–H and O–H groups in total. The van der Waals surface area contributed by atoms with E-state index in [1.165, 1.54) is 40.5 Å². The van der Waals surface area contributed by atoms with Crippen LogP contribution in [0.5, 0.6) is 0 Å². The van der Waals surface area contributed by atoms with E-state index in [2.05, 4.69) is 0 Å². The maximum atomic E-state index is 12.9. The second-order valence-corrected chi connectivity index (χ2v) is 6.62. The predicted octanol–water partition coefficient (Wildman–Crippen LogP) is 2.92. The number of hydrogen-bond acceptors (Lipinski definition) is 5. The van der Waals surface area contributed by atoms with E-state index in [0.29, 0.717) is 24.3 Å². The molecule has 2 heterocycles. The molecular weight excluding hydrogens is 345 g/mol. The molecule has 1 fully saturated rings. The second-order valence-electron chi connectivity index (χ2n) is 5.67. The highest BCUT2D eigenvalue weighted by Crippen LogP contribution is 2.23. The van der Waals surface area contributed by atoms with Gasteiger partial charge in [0.15, 0.2) is 12.4 Å². The molecule has 1 aromatic heterocycles. The quantitative estimate of drug-likeness (QED) is 0.607. The van der Waals surface area contributed by atoms with E-state index in [4.69, 9.17) is 4.74 Å². The molecule has 7 heteroatoms. The lowest BCUT2D eigenvalue weighted by Crippen LogP contribution is -2.41. The maximum Gasteiger partial charge on any atom is 0.329 e. The van der Waals surface area contributed by atoms with E-state index in [-0.39, 0.29) is 11.5 Å². The van der Waals surface area contributed by atoms with Crippen LogP contribution in [0.15, 0.2) is 41.8 Å². The van der Waals surface area contributed by atoms with Gasteiger partial charge in [0, 0.05) is 12.1 Å². The molecule has 1 aliphatic heterocycles. The van der Waals surface area contributed by atoms with Crippen molar-refractivity contribution >= 4 is 29.0 Å². The summed E-state index contributed by atoms with van der Waals surface area (Å²) in [6, 6.07) is 7.85. The number of thiophene rings is 1. The van der Waals surface area contributed by atoms with Gasteiger partial charge >= 0.3 is 5.97 Å². The fourth-order valence-corrected chi connectivity index (χ4v) is 3.43. The van der Waals surface area contributed by atoms with Crippen LogP contribution in [0.4, 0.5) is 4.39 Å². The Morgan fingerprint density at radius 3 is 2.64 bits per heavy atom. The van der Waals surface area contributed by atoms with Crippen molar-refractivity contribution in [3.63, 3.8) is 0 Å². The summed E-state index contributed by atoms with van der Waals surface area (Å²) >= 11 is 1.32. The molecule has 0 saturated carbocycles. The maximum absolute atomic E-state index is 12.9. The number of likely N-dealkylation sites (tertiary alicyclic amines) is 1. The van der Waals surface area contributed by atoms with Crippen molar-refractivity contribution in [3.05, 3.63) is 58.0 Å². The summed E-state index contributed by atoms with van der Waals surface area (Å²) in [6.45, 7) is 0.0599. The third kappa shape index (κ3) is 3.93. The molecule has 5 nitrogen and oxygen atoms in total. The lowest BCUT2D eigenvalue weighted by atomic mass is 10.1. The van der Waals surface area contributed by atoms with Crippen molar-refractivity contribution in [2.45, 2.75) is 18.9 Å². The van der Waals surface area contributed by atoms with Gasteiger partial charge in [-0.2, -0.15) is 0 Å². The summed E-state index contributed by atoms with van der Waals surface area (Å²) in [7, 11) is 0. The zero-order chi connectivity index (χ0) is 17.8. The predicted molar refractivity (Wildman–Crippen MR) is 90.1 cm³/mol. The summed E-state index contributed by atoms with van der Waals surface area (Å²) in [5, 5.41) is 1.80. The number of rotatable bonds is 5. The summed E-state index contributed by atoms with van der Waals surface area (Å²) < 4.78 is 18.0. The molecule has 130 valence electrons. The first-order valence-corrected chi connectivity index (χ1v) is 8.74. The first-order valence-electron chi connectivity index (χ1n) is 7.86. The summed E-state index contributed by atoms with van der Waals surface area (Å²) in [5.74, 6) is -1.64. The van der Waals surface area contributed by atoms with Crippen LogP contribution < -0.4 is 0 Å². The highest BCUT2D eigenvalue weighted by molar-refractivity contribution is 7.12. The second kappa shape index (κ2) is 7.57. The molecule has 25 heavy (non-hydrogen) atoms. The van der Waals surface area contributed by atoms with Crippen molar-refractivity contribution in [3.8, 4) is 0 Å². The first kappa shape index (κ1) is 17.3. The van der Waals surface area contributed by atoms with Gasteiger partial charge in [-0.15, -0.1) is 11.3 Å². The van der Waals surface area contributed by atoms with Crippen molar-refractivity contribution in [1.82, 2.24) is 4.90 Å². The third-order valence-corrected chi connectivity index (χ3v) is 4.89. The molecular formula is C18H16FNO4S. The molecule has 0 radical (unpaired) electrons. The lowest BCUT2D eigenvalue weighted by molar-refractivity contribution is -0.147. The van der Waals surface area contributed by atoms with Gasteiger partial charge in [-0.05, 0) is 48.6 Å². The molecule has 1 saturated heterocycles. The van der Waals surface area contributed by atoms with Gasteiger partial charge in [-0.3, -0.25) is 9.59 Å². The highest BCUT2D eigenvalue weighted by Gasteiger charge is 2.36. The number of halogens is 1. The number of ketones is 1. The summed E-state index contributed by atoms with van der Waals surface area (Å²) in [5.41, 5.74) is 0.271. The zero-order valence-corrected chi connectivity index (χ0v) is 14.1. The van der Waals surface area contributed by atoms with Gasteiger partial charge in [-0.25, -0.2) is 9.18 Å². The Morgan fingerprint density at radius 2 is 1.96 bits per heavy atom. The van der Waals surface area contributed by atoms with Crippen LogP contribution in [0.3, 0.4) is 0 Å². The van der Waals surface area contributed by atoms with Gasteiger partial charge in [0.2, 0.25) is 0 Å². The highest BCUT2D eigenvalue weighted by atomic mass is 32.1. The van der Waals surface area contributed by atoms with E-state index in [1.807, 2.05) is 0 Å². The van der Waals surface area contributed by atoms with Crippen LogP contribution in [0.1, 0.15) is 32.9 Å². The molecule has 3 rings (SSSR count). The molecule has 1 aromatic carbocycles. The fraction of sp³-hybridized carbons (Fsp3) is 0.278. The average Bonchev–Trinajstić information content (AvgIpc) is 3.30. The number of esters is 1. The van der Waals surface area contributed by atoms with Crippen LogP contribution in [-0.2, 0) is 9.53 Å². The van der Waals surface area contributed by atoms with Crippen LogP contribution in [-0.4, -0.2) is 41.8 Å². The van der Waals surface area contributed by atoms with E-state index in [0.717, 1.165) is 0 Å². The molecule has 0 aliphatic carbocycles. The smallest absolute Gasteiger partial charge is 0.329 e. The molecule has 1 aliphatic rings. The largest absolute Gasteiger partial charge is 0.456 e. The van der Waals surface area contributed by atoms with E-state index >= 15 is 0 Å². The molecule has 0 unspecified atom stereocenters. The lowest BCUT2D eigenvalue weighted by Gasteiger charge is -2.22. The number of Topliss-reactive ketones (excluding diaryl/α,β-unsaturated/α-hetero) is 1. The molecule has 1 atom stereocenters. The van der Waals surface area contributed by atoms with Crippen molar-refractivity contribution < 1.29 is 23.5 Å². The Bertz CT molecular complexity index is 773. The minimum absolute atomic E-state index is 0.195. The average molecular weight is 361 g/mol. The van der Waals surface area contributed by atoms with Crippen LogP contribution in [0.2, 0.25) is 0 Å². The molecule has 1 amide bonds. The van der Waals surface area contributed by atoms with Gasteiger partial charge < -0.3 is 9.64 Å². The topological polar surface area (TPSA) is 63.7 Å². The Hall–Kier alpha value is -2.54. The number of carbonyl (C=O) groups excluding carboxylic acids is 3. The fourth-order valence-electron chi connectivity index (χ4n) is 2.75. The van der Waals surface area contributed by atoms with Crippen molar-refractivity contribution in [1.29, 1.82) is 0 Å². The standard InChI is InChI=1S/C18H16FNO4S/c19-13-7-5-12(6-8-13)15(21)11-24-18(23)14-3-1-9-20(14)17(22)16-4-2-10-25-16/h2,4-8,10,14H,1,3,9,11H2/t14-/m0/s1. The Labute approximate surface area is 148 Å². The van der Waals surface area contributed by atoms with Gasteiger partial charge in [0.1, 0.15) is 11.9 Å². The number of benzene rings is 1. The SMILES string of the molecule is O=C(COC(=O)[C@@H]1CCCN1C(=O)c1cccs1)c1ccc(F)cc1. The summed E-state index contributed by atoms with van der Waals surface area (Å²) in [4.78, 5) is 38.8. The number of amides is 1. The van der Waals surface area contributed by atoms with Gasteiger partial charge in [-0.1, -0.05) is 6.07 Å². The van der Waals surface area contributed by atoms with Crippen LogP contribution in [0.25, 0.3) is 0 Å². The van der Waals surface area contributed by atoms with Crippen LogP contribution in [0, 0.1) is 5.82 Å². The molecule has 2 aromatic rings. The number of carbonyl (C=O) groups is 3. The minimum atomic E-state index is -0.671. The number of ether oxygens (including phenoxy) is 1. The molecule has 0 bridgehead atoms. The first-order chi connectivity index (χ1) is 12.1. The van der Waals surface area contributed by atoms with Crippen LogP contribution >= 0.6 is 11.3 Å². The number of nitrogens with zero attached hydrogens (tertiary/aromatic N) is 1. The Kier molecular flexibility index (Phi) is 5.23. The summed E-state index contributed by atoms with van der Waals surface area (Å²) in [6.07, 6.45) is 1.23. The minimum Gasteiger partial charge on any atom is -0.456 e. The Balaban J connectivity index is 1.59. The van der Waals surface area contributed by atoms with E-state index in [9.17, 15) is 18.8 Å². The zero-order valence-electron chi connectivity index (χ0n) is 13.3. The van der Waals surface area contributed by atoms with Gasteiger partial charge in [0.05, 0.1) is 4.88 Å². The van der Waals surface area contributed by atoms with Crippen molar-refractivity contribution in [2.24, 2.45) is 0 Å². The van der Waals surface area contributed by atoms with E-state index in [1.54, 1.807) is 17.5 Å². The Morgan fingerprint density at radius 1 is 1.20 bits per heavy atom. The van der Waals surface area contributed by atoms with E-state index < -0.39 is 30.2 Å². The normalized spacial score (nSPS) is 16.7. The number of hydrogen-bond donors (Lipinski definition) is 0. The van der Waals surface area contributed by atoms with Gasteiger partial charge in [0.25, 0.3) is 5.91 Å². The molecule has 0 spiro atoms. The third-order valence-electron chi connectivity index (χ3n) is 4.03. The van der Waals surface area contributed by atoms with Crippen molar-refractivity contribution in [2.75, 3.05) is 13.2 Å².